The van der Waals surface area contributed by atoms with E-state index >= 15 is 0 Å². The summed E-state index contributed by atoms with van der Waals surface area (Å²) in [4.78, 5) is 22.7. The van der Waals surface area contributed by atoms with Gasteiger partial charge in [0.1, 0.15) is 17.1 Å². The zero-order valence-corrected chi connectivity index (χ0v) is 11.7. The molecule has 0 saturated heterocycles. The maximum absolute atomic E-state index is 12.2. The van der Waals surface area contributed by atoms with Crippen LogP contribution in [0.5, 0.6) is 5.75 Å². The predicted octanol–water partition coefficient (Wildman–Crippen LogP) is 3.73. The Morgan fingerprint density at radius 2 is 1.91 bits per heavy atom. The van der Waals surface area contributed by atoms with E-state index < -0.39 is 10.4 Å². The number of phenols is 1. The molecule has 0 aliphatic carbocycles. The summed E-state index contributed by atoms with van der Waals surface area (Å²) in [6.45, 7) is 0. The van der Waals surface area contributed by atoms with Crippen LogP contribution in [0, 0.1) is 10.1 Å². The van der Waals surface area contributed by atoms with Crippen LogP contribution in [0.25, 0.3) is 22.3 Å². The summed E-state index contributed by atoms with van der Waals surface area (Å²) in [6, 6.07) is 9.74. The Kier molecular flexibility index (Phi) is 3.30. The minimum absolute atomic E-state index is 0.0315. The van der Waals surface area contributed by atoms with Crippen molar-refractivity contribution in [1.82, 2.24) is 0 Å². The first-order valence-corrected chi connectivity index (χ1v) is 6.56. The molecule has 0 amide bonds. The van der Waals surface area contributed by atoms with Crippen LogP contribution < -0.4 is 5.43 Å². The van der Waals surface area contributed by atoms with Gasteiger partial charge in [0, 0.05) is 12.1 Å². The number of nitro groups is 1. The van der Waals surface area contributed by atoms with Crippen molar-refractivity contribution in [2.75, 3.05) is 0 Å². The number of nitro benzene ring substituents is 1. The maximum Gasteiger partial charge on any atom is 0.280 e. The first-order valence-electron chi connectivity index (χ1n) is 6.18. The first-order chi connectivity index (χ1) is 10.5. The van der Waals surface area contributed by atoms with Gasteiger partial charge < -0.3 is 9.52 Å². The highest BCUT2D eigenvalue weighted by molar-refractivity contribution is 6.36. The van der Waals surface area contributed by atoms with Crippen molar-refractivity contribution >= 4 is 28.3 Å². The number of fused-ring (bicyclic) bond motifs is 1. The van der Waals surface area contributed by atoms with E-state index in [1.165, 1.54) is 30.3 Å². The highest BCUT2D eigenvalue weighted by Gasteiger charge is 2.19. The van der Waals surface area contributed by atoms with E-state index in [1.54, 1.807) is 6.07 Å². The van der Waals surface area contributed by atoms with Crippen molar-refractivity contribution in [2.24, 2.45) is 0 Å². The van der Waals surface area contributed by atoms with Crippen LogP contribution in [0.3, 0.4) is 0 Å². The second-order valence-electron chi connectivity index (χ2n) is 4.52. The van der Waals surface area contributed by atoms with E-state index in [0.29, 0.717) is 0 Å². The van der Waals surface area contributed by atoms with Gasteiger partial charge in [-0.3, -0.25) is 14.9 Å². The van der Waals surface area contributed by atoms with Crippen LogP contribution in [0.1, 0.15) is 0 Å². The summed E-state index contributed by atoms with van der Waals surface area (Å²) in [5.41, 5.74) is -0.329. The fraction of sp³-hybridized carbons (Fsp3) is 0. The molecule has 0 fully saturated rings. The summed E-state index contributed by atoms with van der Waals surface area (Å²) in [5.74, 6) is -0.175. The van der Waals surface area contributed by atoms with Gasteiger partial charge in [0.25, 0.3) is 5.69 Å². The molecule has 1 heterocycles. The first kappa shape index (κ1) is 14.1. The molecule has 110 valence electrons. The van der Waals surface area contributed by atoms with Crippen molar-refractivity contribution in [3.8, 4) is 17.1 Å². The van der Waals surface area contributed by atoms with Gasteiger partial charge in [-0.15, -0.1) is 0 Å². The van der Waals surface area contributed by atoms with Gasteiger partial charge in [0.2, 0.25) is 0 Å². The lowest BCUT2D eigenvalue weighted by Crippen LogP contribution is -2.02. The number of para-hydroxylation sites is 1. The molecule has 3 aromatic rings. The molecule has 3 rings (SSSR count). The number of nitrogens with zero attached hydrogens (tertiary/aromatic N) is 1. The number of rotatable bonds is 2. The monoisotopic (exact) mass is 317 g/mol. The molecule has 0 bridgehead atoms. The minimum atomic E-state index is -0.552. The molecule has 0 unspecified atom stereocenters. The minimum Gasteiger partial charge on any atom is -0.506 e. The number of hydrogen-bond acceptors (Lipinski definition) is 5. The fourth-order valence-corrected chi connectivity index (χ4v) is 2.42. The van der Waals surface area contributed by atoms with E-state index in [0.717, 1.165) is 6.07 Å². The number of hydrogen-bond donors (Lipinski definition) is 1. The van der Waals surface area contributed by atoms with E-state index in [9.17, 15) is 20.0 Å². The maximum atomic E-state index is 12.2. The summed E-state index contributed by atoms with van der Waals surface area (Å²) in [7, 11) is 0. The molecule has 0 saturated carbocycles. The Morgan fingerprint density at radius 3 is 2.64 bits per heavy atom. The lowest BCUT2D eigenvalue weighted by Gasteiger charge is -2.05. The average molecular weight is 318 g/mol. The van der Waals surface area contributed by atoms with Crippen LogP contribution >= 0.6 is 11.6 Å². The van der Waals surface area contributed by atoms with E-state index in [2.05, 4.69) is 0 Å². The van der Waals surface area contributed by atoms with Crippen molar-refractivity contribution < 1.29 is 14.4 Å². The Balaban J connectivity index is 2.33. The summed E-state index contributed by atoms with van der Waals surface area (Å²) < 4.78 is 5.56. The van der Waals surface area contributed by atoms with Crippen molar-refractivity contribution in [2.45, 2.75) is 0 Å². The topological polar surface area (TPSA) is 93.6 Å². The van der Waals surface area contributed by atoms with Gasteiger partial charge in [-0.2, -0.15) is 0 Å². The summed E-state index contributed by atoms with van der Waals surface area (Å²) in [5, 5.41) is 20.5. The van der Waals surface area contributed by atoms with Gasteiger partial charge >= 0.3 is 0 Å². The largest absolute Gasteiger partial charge is 0.506 e. The summed E-state index contributed by atoms with van der Waals surface area (Å²) >= 11 is 5.89. The highest BCUT2D eigenvalue weighted by Crippen LogP contribution is 2.34. The number of aromatic hydroxyl groups is 1. The van der Waals surface area contributed by atoms with Crippen LogP contribution in [0.15, 0.2) is 51.7 Å². The SMILES string of the molecule is O=c1cc(-c2ccccc2[N+](=O)[O-])oc2ccc(O)c(Cl)c12. The molecule has 2 aromatic carbocycles. The molecule has 1 N–H and O–H groups in total. The fourth-order valence-electron chi connectivity index (χ4n) is 2.18. The smallest absolute Gasteiger partial charge is 0.280 e. The Hall–Kier alpha value is -2.86. The van der Waals surface area contributed by atoms with E-state index in [1.807, 2.05) is 0 Å². The van der Waals surface area contributed by atoms with Gasteiger partial charge in [0.15, 0.2) is 5.43 Å². The molecule has 0 radical (unpaired) electrons. The van der Waals surface area contributed by atoms with Crippen LogP contribution in [-0.2, 0) is 0 Å². The third kappa shape index (κ3) is 2.19. The predicted molar refractivity (Wildman–Crippen MR) is 81.2 cm³/mol. The highest BCUT2D eigenvalue weighted by atomic mass is 35.5. The lowest BCUT2D eigenvalue weighted by atomic mass is 10.1. The lowest BCUT2D eigenvalue weighted by molar-refractivity contribution is -0.384. The number of benzene rings is 2. The second-order valence-corrected chi connectivity index (χ2v) is 4.90. The molecule has 6 nitrogen and oxygen atoms in total. The van der Waals surface area contributed by atoms with Crippen molar-refractivity contribution in [3.05, 3.63) is 67.8 Å². The Morgan fingerprint density at radius 1 is 1.18 bits per heavy atom. The van der Waals surface area contributed by atoms with Gasteiger partial charge in [-0.05, 0) is 18.2 Å². The van der Waals surface area contributed by atoms with Gasteiger partial charge in [0.05, 0.1) is 20.9 Å². The molecular weight excluding hydrogens is 310 g/mol. The van der Waals surface area contributed by atoms with Crippen LogP contribution in [-0.4, -0.2) is 10.0 Å². The average Bonchev–Trinajstić information content (AvgIpc) is 2.50. The van der Waals surface area contributed by atoms with Gasteiger partial charge in [-0.1, -0.05) is 23.7 Å². The van der Waals surface area contributed by atoms with E-state index in [4.69, 9.17) is 16.0 Å². The van der Waals surface area contributed by atoms with Crippen LogP contribution in [0.2, 0.25) is 5.02 Å². The number of halogens is 1. The molecule has 0 aliphatic rings. The normalized spacial score (nSPS) is 10.8. The Labute approximate surface area is 128 Å². The van der Waals surface area contributed by atoms with Crippen molar-refractivity contribution in [1.29, 1.82) is 0 Å². The zero-order valence-electron chi connectivity index (χ0n) is 10.9. The second kappa shape index (κ2) is 5.16. The van der Waals surface area contributed by atoms with Crippen LogP contribution in [0.4, 0.5) is 5.69 Å². The zero-order chi connectivity index (χ0) is 15.9. The third-order valence-corrected chi connectivity index (χ3v) is 3.56. The molecule has 1 aromatic heterocycles. The third-order valence-electron chi connectivity index (χ3n) is 3.18. The molecule has 0 aliphatic heterocycles. The molecule has 0 spiro atoms. The molecule has 0 atom stereocenters. The standard InChI is InChI=1S/C15H8ClNO5/c16-15-10(18)5-6-12-14(15)11(19)7-13(22-12)8-3-1-2-4-9(8)17(20)21/h1-7,18H. The number of phenolic OH excluding ortho intramolecular Hbond substituents is 1. The molecule has 22 heavy (non-hydrogen) atoms. The Bertz CT molecular complexity index is 964. The van der Waals surface area contributed by atoms with E-state index in [-0.39, 0.29) is 38.8 Å². The quantitative estimate of drug-likeness (QED) is 0.574. The summed E-state index contributed by atoms with van der Waals surface area (Å²) in [6.07, 6.45) is 0. The van der Waals surface area contributed by atoms with Crippen molar-refractivity contribution in [3.63, 3.8) is 0 Å². The molecular formula is C15H8ClNO5. The molecule has 7 heteroatoms. The van der Waals surface area contributed by atoms with Gasteiger partial charge in [-0.25, -0.2) is 0 Å².